The molecule has 1 saturated heterocycles. The third-order valence-electron chi connectivity index (χ3n) is 6.52. The monoisotopic (exact) mass is 642 g/mol. The average molecular weight is 643 g/mol. The van der Waals surface area contributed by atoms with E-state index in [9.17, 15) is 22.4 Å². The highest BCUT2D eigenvalue weighted by Crippen LogP contribution is 2.34. The number of hydrogen-bond acceptors (Lipinski definition) is 6. The first-order valence-corrected chi connectivity index (χ1v) is 14.8. The standard InChI is InChI=1S/C30H26F4N6O2S2/c1-18(2)24-15-21(31)6-11-25(24)40-26(41)16-44-29(40)37-28(43)35-13-12-19-4-3-5-20(14-19)27-36-17-39(38-27)22-7-9-23(10-8-22)42-30(32,33)34/h3-11,14-15,17-18H,12-13,16H2,1-2H3,(H,35,43). The Balaban J connectivity index is 1.21. The molecule has 4 aromatic rings. The van der Waals surface area contributed by atoms with Crippen molar-refractivity contribution < 1.29 is 27.1 Å². The Morgan fingerprint density at radius 2 is 1.91 bits per heavy atom. The first-order chi connectivity index (χ1) is 21.0. The van der Waals surface area contributed by atoms with Gasteiger partial charge in [0.05, 0.1) is 17.1 Å². The van der Waals surface area contributed by atoms with Gasteiger partial charge in [-0.2, -0.15) is 4.99 Å². The summed E-state index contributed by atoms with van der Waals surface area (Å²) in [4.78, 5) is 23.0. The Bertz CT molecular complexity index is 1710. The number of thioether (sulfide) groups is 1. The third kappa shape index (κ3) is 7.61. The van der Waals surface area contributed by atoms with Crippen molar-refractivity contribution in [2.24, 2.45) is 4.99 Å². The second-order valence-electron chi connectivity index (χ2n) is 10.0. The van der Waals surface area contributed by atoms with Gasteiger partial charge >= 0.3 is 6.36 Å². The maximum Gasteiger partial charge on any atom is 0.573 e. The molecule has 3 aromatic carbocycles. The van der Waals surface area contributed by atoms with Crippen LogP contribution >= 0.6 is 24.0 Å². The first kappa shape index (κ1) is 31.1. The fraction of sp³-hybridized carbons (Fsp3) is 0.233. The minimum atomic E-state index is -4.76. The summed E-state index contributed by atoms with van der Waals surface area (Å²) < 4.78 is 56.6. The highest BCUT2D eigenvalue weighted by atomic mass is 32.2. The quantitative estimate of drug-likeness (QED) is 0.170. The van der Waals surface area contributed by atoms with E-state index in [1.54, 1.807) is 6.07 Å². The van der Waals surface area contributed by atoms with Gasteiger partial charge in [0.25, 0.3) is 0 Å². The molecule has 5 rings (SSSR count). The van der Waals surface area contributed by atoms with E-state index in [1.807, 2.05) is 38.1 Å². The lowest BCUT2D eigenvalue weighted by Gasteiger charge is -2.21. The lowest BCUT2D eigenvalue weighted by molar-refractivity contribution is -0.274. The number of amides is 1. The summed E-state index contributed by atoms with van der Waals surface area (Å²) in [6.45, 7) is 4.34. The van der Waals surface area contributed by atoms with Gasteiger partial charge in [0.15, 0.2) is 16.1 Å². The number of nitrogens with one attached hydrogen (secondary N) is 1. The molecule has 1 fully saturated rings. The van der Waals surface area contributed by atoms with Gasteiger partial charge in [0.1, 0.15) is 17.9 Å². The average Bonchev–Trinajstić information content (AvgIpc) is 3.60. The number of ether oxygens (including phenoxy) is 1. The number of halogens is 4. The van der Waals surface area contributed by atoms with Crippen molar-refractivity contribution >= 4 is 45.9 Å². The van der Waals surface area contributed by atoms with Crippen LogP contribution in [0.25, 0.3) is 17.1 Å². The Labute approximate surface area is 260 Å². The number of anilines is 1. The number of aromatic nitrogens is 3. The second kappa shape index (κ2) is 13.1. The zero-order chi connectivity index (χ0) is 31.4. The largest absolute Gasteiger partial charge is 0.573 e. The molecule has 0 saturated carbocycles. The predicted octanol–water partition coefficient (Wildman–Crippen LogP) is 6.65. The van der Waals surface area contributed by atoms with Crippen LogP contribution in [-0.4, -0.2) is 49.6 Å². The molecule has 0 bridgehead atoms. The number of hydrogen-bond donors (Lipinski definition) is 1. The van der Waals surface area contributed by atoms with Crippen molar-refractivity contribution in [3.8, 4) is 22.8 Å². The van der Waals surface area contributed by atoms with Gasteiger partial charge in [-0.1, -0.05) is 43.8 Å². The summed E-state index contributed by atoms with van der Waals surface area (Å²) >= 11 is 6.72. The van der Waals surface area contributed by atoms with Gasteiger partial charge < -0.3 is 10.1 Å². The van der Waals surface area contributed by atoms with Crippen LogP contribution in [0.1, 0.15) is 30.9 Å². The van der Waals surface area contributed by atoms with Gasteiger partial charge in [-0.3, -0.25) is 9.69 Å². The minimum Gasteiger partial charge on any atom is -0.406 e. The number of nitrogens with zero attached hydrogens (tertiary/aromatic N) is 5. The number of thiocarbonyl (C=S) groups is 1. The molecule has 0 radical (unpaired) electrons. The maximum atomic E-state index is 13.9. The number of carbonyl (C=O) groups is 1. The van der Waals surface area contributed by atoms with Gasteiger partial charge in [-0.05, 0) is 84.2 Å². The van der Waals surface area contributed by atoms with E-state index in [-0.39, 0.29) is 34.3 Å². The van der Waals surface area contributed by atoms with E-state index < -0.39 is 6.36 Å². The Hall–Kier alpha value is -4.30. The molecule has 0 aliphatic carbocycles. The lowest BCUT2D eigenvalue weighted by atomic mass is 10.0. The number of alkyl halides is 3. The molecule has 8 nitrogen and oxygen atoms in total. The van der Waals surface area contributed by atoms with E-state index in [4.69, 9.17) is 12.2 Å². The number of aliphatic imine (C=N–C) groups is 1. The number of carbonyl (C=O) groups excluding carboxylic acids is 1. The van der Waals surface area contributed by atoms with Gasteiger partial charge in [0, 0.05) is 12.1 Å². The van der Waals surface area contributed by atoms with Crippen molar-refractivity contribution in [1.82, 2.24) is 20.1 Å². The Morgan fingerprint density at radius 1 is 1.14 bits per heavy atom. The summed E-state index contributed by atoms with van der Waals surface area (Å²) in [6, 6.07) is 17.3. The summed E-state index contributed by atoms with van der Waals surface area (Å²) in [5, 5.41) is 8.23. The van der Waals surface area contributed by atoms with Crippen LogP contribution in [0.5, 0.6) is 5.75 Å². The van der Waals surface area contributed by atoms with Crippen LogP contribution in [0.2, 0.25) is 0 Å². The molecule has 1 amide bonds. The fourth-order valence-electron chi connectivity index (χ4n) is 4.50. The molecule has 1 aliphatic heterocycles. The lowest BCUT2D eigenvalue weighted by Crippen LogP contribution is -2.32. The van der Waals surface area contributed by atoms with Crippen molar-refractivity contribution in [3.05, 3.63) is 90.0 Å². The molecule has 0 spiro atoms. The van der Waals surface area contributed by atoms with Crippen LogP contribution in [0, 0.1) is 5.82 Å². The molecule has 1 aliphatic rings. The molecule has 0 atom stereocenters. The number of benzene rings is 3. The van der Waals surface area contributed by atoms with Crippen molar-refractivity contribution in [3.63, 3.8) is 0 Å². The second-order valence-corrected chi connectivity index (χ2v) is 11.3. The summed E-state index contributed by atoms with van der Waals surface area (Å²) in [5.41, 5.74) is 3.57. The normalized spacial score (nSPS) is 14.5. The topological polar surface area (TPSA) is 84.6 Å². The number of amidine groups is 1. The summed E-state index contributed by atoms with van der Waals surface area (Å²) in [5.74, 6) is -0.181. The third-order valence-corrected chi connectivity index (χ3v) is 7.68. The van der Waals surface area contributed by atoms with Crippen LogP contribution in [0.15, 0.2) is 78.0 Å². The van der Waals surface area contributed by atoms with E-state index in [2.05, 4.69) is 25.1 Å². The Morgan fingerprint density at radius 3 is 2.64 bits per heavy atom. The molecular weight excluding hydrogens is 616 g/mol. The van der Waals surface area contributed by atoms with Gasteiger partial charge in [0.2, 0.25) is 5.91 Å². The van der Waals surface area contributed by atoms with E-state index in [1.165, 1.54) is 64.1 Å². The maximum absolute atomic E-state index is 13.9. The zero-order valence-corrected chi connectivity index (χ0v) is 25.1. The van der Waals surface area contributed by atoms with Crippen LogP contribution < -0.4 is 15.0 Å². The van der Waals surface area contributed by atoms with Crippen molar-refractivity contribution in [1.29, 1.82) is 0 Å². The minimum absolute atomic E-state index is 0.00145. The molecule has 1 aromatic heterocycles. The van der Waals surface area contributed by atoms with Crippen LogP contribution in [-0.2, 0) is 11.2 Å². The van der Waals surface area contributed by atoms with Crippen molar-refractivity contribution in [2.45, 2.75) is 32.5 Å². The summed E-state index contributed by atoms with van der Waals surface area (Å²) in [6.07, 6.45) is -2.68. The van der Waals surface area contributed by atoms with E-state index in [0.717, 1.165) is 11.1 Å². The highest BCUT2D eigenvalue weighted by Gasteiger charge is 2.32. The number of rotatable bonds is 8. The molecular formula is C30H26F4N6O2S2. The SMILES string of the molecule is CC(C)c1cc(F)ccc1N1C(=O)CSC1=NC(=S)NCCc1cccc(-c2ncn(-c3ccc(OC(F)(F)F)cc3)n2)c1. The molecule has 14 heteroatoms. The van der Waals surface area contributed by atoms with Crippen molar-refractivity contribution in [2.75, 3.05) is 17.2 Å². The molecule has 44 heavy (non-hydrogen) atoms. The molecule has 1 N–H and O–H groups in total. The van der Waals surface area contributed by atoms with Crippen LogP contribution in [0.4, 0.5) is 23.2 Å². The summed E-state index contributed by atoms with van der Waals surface area (Å²) in [7, 11) is 0. The predicted molar refractivity (Wildman–Crippen MR) is 166 cm³/mol. The fourth-order valence-corrected chi connectivity index (χ4v) is 5.61. The van der Waals surface area contributed by atoms with Gasteiger partial charge in [-0.15, -0.1) is 18.3 Å². The highest BCUT2D eigenvalue weighted by molar-refractivity contribution is 8.15. The van der Waals surface area contributed by atoms with E-state index in [0.29, 0.717) is 40.9 Å². The van der Waals surface area contributed by atoms with Gasteiger partial charge in [-0.25, -0.2) is 14.1 Å². The Kier molecular flexibility index (Phi) is 9.30. The molecule has 228 valence electrons. The smallest absolute Gasteiger partial charge is 0.406 e. The zero-order valence-electron chi connectivity index (χ0n) is 23.5. The molecule has 0 unspecified atom stereocenters. The van der Waals surface area contributed by atoms with E-state index >= 15 is 0 Å². The van der Waals surface area contributed by atoms with Crippen LogP contribution in [0.3, 0.4) is 0 Å². The first-order valence-electron chi connectivity index (χ1n) is 13.5. The molecule has 2 heterocycles.